The molecule has 18 heteroatoms. The fourth-order valence-electron chi connectivity index (χ4n) is 5.23. The molecule has 4 atom stereocenters. The van der Waals surface area contributed by atoms with E-state index in [-0.39, 0.29) is 24.5 Å². The Balaban J connectivity index is 0.000000191. The number of nitrogens with zero attached hydrogens (tertiary/aromatic N) is 4. The largest absolute Gasteiger partial charge is 0.418 e. The summed E-state index contributed by atoms with van der Waals surface area (Å²) in [6.07, 6.45) is 2.06. The fourth-order valence-corrected chi connectivity index (χ4v) is 5.62. The third kappa shape index (κ3) is 7.03. The zero-order valence-corrected chi connectivity index (χ0v) is 23.2. The van der Waals surface area contributed by atoms with Crippen LogP contribution < -0.4 is 11.0 Å². The summed E-state index contributed by atoms with van der Waals surface area (Å²) in [5.41, 5.74) is 5.42. The molecule has 3 N–H and O–H groups in total. The van der Waals surface area contributed by atoms with Gasteiger partial charge in [0.1, 0.15) is 18.7 Å². The predicted octanol–water partition coefficient (Wildman–Crippen LogP) is -0.269. The number of urea groups is 2. The van der Waals surface area contributed by atoms with Crippen LogP contribution >= 0.6 is 0 Å². The molecule has 0 radical (unpaired) electrons. The van der Waals surface area contributed by atoms with Crippen LogP contribution in [0, 0.1) is 0 Å². The maximum Gasteiger partial charge on any atom is 0.418 e. The van der Waals surface area contributed by atoms with Gasteiger partial charge in [-0.15, -0.1) is 4.28 Å². The van der Waals surface area contributed by atoms with Crippen molar-refractivity contribution in [1.82, 2.24) is 30.9 Å². The van der Waals surface area contributed by atoms with Gasteiger partial charge in [0.2, 0.25) is 0 Å². The van der Waals surface area contributed by atoms with E-state index in [1.165, 1.54) is 24.2 Å². The van der Waals surface area contributed by atoms with E-state index in [2.05, 4.69) is 24.9 Å². The van der Waals surface area contributed by atoms with Crippen LogP contribution in [0.3, 0.4) is 0 Å². The third-order valence-corrected chi connectivity index (χ3v) is 7.39. The lowest BCUT2D eigenvalue weighted by molar-refractivity contribution is -0.141. The molecule has 1 aromatic carbocycles. The van der Waals surface area contributed by atoms with Crippen LogP contribution in [0.1, 0.15) is 31.2 Å². The summed E-state index contributed by atoms with van der Waals surface area (Å²) in [5, 5.41) is 1.99. The van der Waals surface area contributed by atoms with Crippen molar-refractivity contribution in [3.63, 3.8) is 0 Å². The zero-order chi connectivity index (χ0) is 29.7. The third-order valence-electron chi connectivity index (χ3n) is 7.04. The van der Waals surface area contributed by atoms with Crippen molar-refractivity contribution in [2.24, 2.45) is 0 Å². The normalized spacial score (nSPS) is 25.1. The highest BCUT2D eigenvalue weighted by Gasteiger charge is 2.50. The van der Waals surface area contributed by atoms with E-state index in [4.69, 9.17) is 9.39 Å². The van der Waals surface area contributed by atoms with Gasteiger partial charge in [0.05, 0.1) is 26.3 Å². The molecule has 0 aromatic heterocycles. The number of rotatable bonds is 9. The first-order chi connectivity index (χ1) is 19.5. The maximum absolute atomic E-state index is 12.4. The van der Waals surface area contributed by atoms with Gasteiger partial charge in [0.15, 0.2) is 0 Å². The minimum absolute atomic E-state index is 0.00260. The van der Waals surface area contributed by atoms with E-state index in [1.54, 1.807) is 4.90 Å². The predicted molar refractivity (Wildman–Crippen MR) is 136 cm³/mol. The summed E-state index contributed by atoms with van der Waals surface area (Å²) in [6, 6.07) is 6.89. The molecule has 0 unspecified atom stereocenters. The van der Waals surface area contributed by atoms with Crippen LogP contribution in [-0.2, 0) is 45.4 Å². The minimum atomic E-state index is -4.77. The van der Waals surface area contributed by atoms with Gasteiger partial charge >= 0.3 is 22.5 Å². The average molecular weight is 601 g/mol. The average Bonchev–Trinajstić information content (AvgIpc) is 3.31. The SMILES string of the molecule is CONC(=O)[C@@H]1CC[C@@H]2CN1C(=O)N2OCc1ccccc1.CONC(=O)[C@@H]1CC[C@@H]2CN1C(=O)N2OS(=O)(=O)O. The van der Waals surface area contributed by atoms with Crippen molar-refractivity contribution >= 4 is 34.3 Å². The Labute approximate surface area is 236 Å². The maximum atomic E-state index is 12.4. The minimum Gasteiger partial charge on any atom is -0.309 e. The molecule has 1 aromatic rings. The molecule has 17 nitrogen and oxygen atoms in total. The molecule has 0 spiro atoms. The number of benzene rings is 1. The molecular weight excluding hydrogens is 568 g/mol. The Bertz CT molecular complexity index is 1240. The Morgan fingerprint density at radius 3 is 1.83 bits per heavy atom. The number of carbonyl (C=O) groups is 4. The van der Waals surface area contributed by atoms with E-state index in [9.17, 15) is 27.6 Å². The van der Waals surface area contributed by atoms with Crippen molar-refractivity contribution in [1.29, 1.82) is 0 Å². The number of hydroxylamine groups is 6. The van der Waals surface area contributed by atoms with Crippen molar-refractivity contribution in [2.75, 3.05) is 27.3 Å². The summed E-state index contributed by atoms with van der Waals surface area (Å²) in [7, 11) is -2.13. The highest BCUT2D eigenvalue weighted by molar-refractivity contribution is 7.80. The van der Waals surface area contributed by atoms with Gasteiger partial charge < -0.3 is 9.80 Å². The van der Waals surface area contributed by atoms with Crippen molar-refractivity contribution in [3.05, 3.63) is 35.9 Å². The van der Waals surface area contributed by atoms with Gasteiger partial charge in [-0.05, 0) is 31.2 Å². The van der Waals surface area contributed by atoms with Gasteiger partial charge in [0, 0.05) is 13.1 Å². The van der Waals surface area contributed by atoms with Crippen LogP contribution in [0.5, 0.6) is 0 Å². The molecule has 4 fully saturated rings. The zero-order valence-electron chi connectivity index (χ0n) is 22.4. The second-order valence-electron chi connectivity index (χ2n) is 9.62. The van der Waals surface area contributed by atoms with Crippen LogP contribution in [0.2, 0.25) is 0 Å². The fraction of sp³-hybridized carbons (Fsp3) is 0.565. The topological polar surface area (TPSA) is 197 Å². The number of nitrogens with one attached hydrogen (secondary N) is 2. The van der Waals surface area contributed by atoms with Gasteiger partial charge in [-0.25, -0.2) is 20.5 Å². The van der Waals surface area contributed by atoms with E-state index in [1.807, 2.05) is 30.3 Å². The van der Waals surface area contributed by atoms with Crippen molar-refractivity contribution in [3.8, 4) is 0 Å². The first kappa shape index (κ1) is 30.4. The second kappa shape index (κ2) is 13.0. The lowest BCUT2D eigenvalue weighted by Gasteiger charge is -2.28. The van der Waals surface area contributed by atoms with Crippen LogP contribution in [0.15, 0.2) is 30.3 Å². The summed E-state index contributed by atoms with van der Waals surface area (Å²) >= 11 is 0. The molecule has 226 valence electrons. The molecular formula is C23H32N6O11S. The molecule has 4 aliphatic rings. The smallest absolute Gasteiger partial charge is 0.309 e. The molecule has 5 rings (SSSR count). The lowest BCUT2D eigenvalue weighted by atomic mass is 10.0. The van der Waals surface area contributed by atoms with Crippen LogP contribution in [0.25, 0.3) is 0 Å². The highest BCUT2D eigenvalue weighted by atomic mass is 32.3. The summed E-state index contributed by atoms with van der Waals surface area (Å²) in [5.74, 6) is -0.790. The first-order valence-electron chi connectivity index (χ1n) is 12.7. The van der Waals surface area contributed by atoms with Gasteiger partial charge in [0.25, 0.3) is 11.8 Å². The molecule has 4 heterocycles. The Kier molecular flexibility index (Phi) is 9.61. The van der Waals surface area contributed by atoms with Gasteiger partial charge in [-0.2, -0.15) is 18.5 Å². The van der Waals surface area contributed by atoms with E-state index in [0.29, 0.717) is 37.5 Å². The first-order valence-corrected chi connectivity index (χ1v) is 14.1. The van der Waals surface area contributed by atoms with Gasteiger partial charge in [-0.1, -0.05) is 30.3 Å². The standard InChI is InChI=1S/C15H19N3O4.C8H13N3O7S/c1-21-16-14(19)13-8-7-12-9-17(13)15(20)18(12)22-10-11-5-3-2-4-6-11;1-17-9-7(12)6-3-2-5-4-10(6)8(13)11(5)18-19(14,15)16/h2-6,12-13H,7-10H2,1H3,(H,16,19);5-6H,2-4H2,1H3,(H,9,12)(H,14,15,16)/t12-,13+;5-,6+/m11/s1. The number of hydrogen-bond acceptors (Lipinski definition) is 10. The summed E-state index contributed by atoms with van der Waals surface area (Å²) in [4.78, 5) is 65.5. The number of hydrogen-bond donors (Lipinski definition) is 3. The van der Waals surface area contributed by atoms with E-state index < -0.39 is 40.5 Å². The monoisotopic (exact) mass is 600 g/mol. The highest BCUT2D eigenvalue weighted by Crippen LogP contribution is 2.31. The molecule has 4 aliphatic heterocycles. The number of carbonyl (C=O) groups excluding carboxylic acids is 4. The van der Waals surface area contributed by atoms with Crippen LogP contribution in [0.4, 0.5) is 9.59 Å². The Hall–Kier alpha value is -3.55. The quantitative estimate of drug-likeness (QED) is 0.249. The van der Waals surface area contributed by atoms with Crippen molar-refractivity contribution < 1.29 is 50.9 Å². The number of piperidine rings is 2. The Morgan fingerprint density at radius 2 is 1.34 bits per heavy atom. The van der Waals surface area contributed by atoms with E-state index >= 15 is 0 Å². The molecule has 0 aliphatic carbocycles. The van der Waals surface area contributed by atoms with E-state index in [0.717, 1.165) is 12.0 Å². The number of amides is 6. The molecule has 6 amide bonds. The molecule has 41 heavy (non-hydrogen) atoms. The molecule has 0 saturated carbocycles. The lowest BCUT2D eigenvalue weighted by Crippen LogP contribution is -2.49. The van der Waals surface area contributed by atoms with Crippen LogP contribution in [-0.4, -0.2) is 108 Å². The summed E-state index contributed by atoms with van der Waals surface area (Å²) in [6.45, 7) is 0.997. The van der Waals surface area contributed by atoms with Gasteiger partial charge in [-0.3, -0.25) is 28.7 Å². The second-order valence-corrected chi connectivity index (χ2v) is 10.6. The Morgan fingerprint density at radius 1 is 0.854 bits per heavy atom. The molecule has 4 bridgehead atoms. The number of fused-ring (bicyclic) bond motifs is 4. The molecule has 4 saturated heterocycles. The summed E-state index contributed by atoms with van der Waals surface area (Å²) < 4.78 is 34.2. The van der Waals surface area contributed by atoms with Crippen molar-refractivity contribution in [2.45, 2.75) is 56.5 Å².